The third kappa shape index (κ3) is 7.37. The molecule has 1 aromatic carbocycles. The molecule has 1 heterocycles. The van der Waals surface area contributed by atoms with E-state index in [1.54, 1.807) is 13.0 Å². The lowest BCUT2D eigenvalue weighted by Crippen LogP contribution is -2.50. The minimum absolute atomic E-state index is 0.0541. The Morgan fingerprint density at radius 1 is 1.27 bits per heavy atom. The number of hydrogen-bond donors (Lipinski definition) is 3. The number of hydrogen-bond acceptors (Lipinski definition) is 5. The largest absolute Gasteiger partial charge is 0.356 e. The Kier molecular flexibility index (Phi) is 9.26. The van der Waals surface area contributed by atoms with Crippen LogP contribution in [0.2, 0.25) is 0 Å². The third-order valence-electron chi connectivity index (χ3n) is 5.51. The van der Waals surface area contributed by atoms with Crippen molar-refractivity contribution >= 4 is 27.5 Å². The van der Waals surface area contributed by atoms with Crippen LogP contribution < -0.4 is 15.8 Å². The summed E-state index contributed by atoms with van der Waals surface area (Å²) in [5.41, 5.74) is 0.372. The zero-order chi connectivity index (χ0) is 22.1. The van der Waals surface area contributed by atoms with Gasteiger partial charge in [0.25, 0.3) is 0 Å². The highest BCUT2D eigenvalue weighted by molar-refractivity contribution is 7.89. The zero-order valence-corrected chi connectivity index (χ0v) is 18.7. The molecule has 168 valence electrons. The molecule has 1 saturated heterocycles. The van der Waals surface area contributed by atoms with Crippen molar-refractivity contribution in [1.29, 1.82) is 0 Å². The van der Waals surface area contributed by atoms with Crippen molar-refractivity contribution in [1.82, 2.24) is 10.2 Å². The van der Waals surface area contributed by atoms with Gasteiger partial charge in [0.05, 0.1) is 16.9 Å². The van der Waals surface area contributed by atoms with E-state index in [9.17, 15) is 18.0 Å². The molecule has 2 unspecified atom stereocenters. The summed E-state index contributed by atoms with van der Waals surface area (Å²) < 4.78 is 23.0. The predicted molar refractivity (Wildman–Crippen MR) is 117 cm³/mol. The van der Waals surface area contributed by atoms with Gasteiger partial charge in [-0.3, -0.25) is 14.5 Å². The number of primary sulfonamides is 1. The molecule has 2 atom stereocenters. The molecule has 1 aliphatic heterocycles. The number of piperidine rings is 1. The van der Waals surface area contributed by atoms with Crippen LogP contribution in [-0.2, 0) is 19.6 Å². The highest BCUT2D eigenvalue weighted by Crippen LogP contribution is 2.20. The predicted octanol–water partition coefficient (Wildman–Crippen LogP) is 2.07. The maximum Gasteiger partial charge on any atom is 0.241 e. The van der Waals surface area contributed by atoms with Crippen LogP contribution in [0, 0.1) is 5.92 Å². The van der Waals surface area contributed by atoms with Crippen molar-refractivity contribution in [2.75, 3.05) is 25.0 Å². The molecule has 8 nitrogen and oxygen atoms in total. The Balaban J connectivity index is 1.89. The second kappa shape index (κ2) is 11.4. The van der Waals surface area contributed by atoms with Gasteiger partial charge in [0, 0.05) is 18.8 Å². The zero-order valence-electron chi connectivity index (χ0n) is 17.9. The Labute approximate surface area is 179 Å². The first-order valence-electron chi connectivity index (χ1n) is 10.7. The normalized spacial score (nSPS) is 18.6. The average molecular weight is 439 g/mol. The van der Waals surface area contributed by atoms with Crippen molar-refractivity contribution in [3.63, 3.8) is 0 Å². The maximum absolute atomic E-state index is 12.7. The number of sulfonamides is 1. The van der Waals surface area contributed by atoms with Crippen molar-refractivity contribution in [3.05, 3.63) is 24.3 Å². The molecule has 0 saturated carbocycles. The molecule has 0 radical (unpaired) electrons. The van der Waals surface area contributed by atoms with Crippen LogP contribution >= 0.6 is 0 Å². The number of likely N-dealkylation sites (tertiary alicyclic amines) is 1. The van der Waals surface area contributed by atoms with Crippen molar-refractivity contribution in [3.8, 4) is 0 Å². The molecular weight excluding hydrogens is 404 g/mol. The lowest BCUT2D eigenvalue weighted by molar-refractivity contribution is -0.129. The Morgan fingerprint density at radius 3 is 2.73 bits per heavy atom. The Morgan fingerprint density at radius 2 is 2.03 bits per heavy atom. The SMILES string of the molecule is CCCCCCNC(=O)C1CCCN(C(C)C(=O)Nc2cccc(S(N)(=O)=O)c2)C1. The monoisotopic (exact) mass is 438 g/mol. The topological polar surface area (TPSA) is 122 Å². The van der Waals surface area contributed by atoms with E-state index in [4.69, 9.17) is 5.14 Å². The molecule has 1 aliphatic rings. The van der Waals surface area contributed by atoms with Gasteiger partial charge < -0.3 is 10.6 Å². The van der Waals surface area contributed by atoms with Crippen LogP contribution in [-0.4, -0.2) is 50.8 Å². The number of amides is 2. The van der Waals surface area contributed by atoms with Crippen LogP contribution in [0.5, 0.6) is 0 Å². The minimum Gasteiger partial charge on any atom is -0.356 e. The molecule has 2 amide bonds. The summed E-state index contributed by atoms with van der Waals surface area (Å²) in [7, 11) is -3.84. The highest BCUT2D eigenvalue weighted by atomic mass is 32.2. The number of anilines is 1. The molecule has 1 aromatic rings. The molecule has 0 spiro atoms. The second-order valence-electron chi connectivity index (χ2n) is 7.92. The molecular formula is C21H34N4O4S. The van der Waals surface area contributed by atoms with E-state index in [0.29, 0.717) is 18.8 Å². The minimum atomic E-state index is -3.84. The van der Waals surface area contributed by atoms with Gasteiger partial charge in [-0.2, -0.15) is 0 Å². The Hall–Kier alpha value is -1.97. The summed E-state index contributed by atoms with van der Waals surface area (Å²) in [6, 6.07) is 5.42. The van der Waals surface area contributed by atoms with Crippen LogP contribution in [0.15, 0.2) is 29.2 Å². The van der Waals surface area contributed by atoms with Gasteiger partial charge >= 0.3 is 0 Å². The number of nitrogens with one attached hydrogen (secondary N) is 2. The number of benzene rings is 1. The van der Waals surface area contributed by atoms with Crippen LogP contribution in [0.3, 0.4) is 0 Å². The van der Waals surface area contributed by atoms with Crippen LogP contribution in [0.1, 0.15) is 52.4 Å². The number of carbonyl (C=O) groups excluding carboxylic acids is 2. The molecule has 0 aromatic heterocycles. The first kappa shape index (κ1) is 24.3. The second-order valence-corrected chi connectivity index (χ2v) is 9.49. The van der Waals surface area contributed by atoms with E-state index in [-0.39, 0.29) is 22.6 Å². The molecule has 30 heavy (non-hydrogen) atoms. The molecule has 0 bridgehead atoms. The highest BCUT2D eigenvalue weighted by Gasteiger charge is 2.30. The van der Waals surface area contributed by atoms with E-state index in [0.717, 1.165) is 38.6 Å². The third-order valence-corrected chi connectivity index (χ3v) is 6.42. The van der Waals surface area contributed by atoms with Gasteiger partial charge in [-0.05, 0) is 50.9 Å². The summed E-state index contributed by atoms with van der Waals surface area (Å²) in [6.45, 7) is 5.93. The Bertz CT molecular complexity index is 828. The maximum atomic E-state index is 12.7. The van der Waals surface area contributed by atoms with Gasteiger partial charge in [-0.15, -0.1) is 0 Å². The van der Waals surface area contributed by atoms with E-state index < -0.39 is 16.1 Å². The van der Waals surface area contributed by atoms with E-state index in [1.165, 1.54) is 24.6 Å². The van der Waals surface area contributed by atoms with Crippen LogP contribution in [0.25, 0.3) is 0 Å². The van der Waals surface area contributed by atoms with Crippen molar-refractivity contribution < 1.29 is 18.0 Å². The lowest BCUT2D eigenvalue weighted by atomic mass is 9.95. The van der Waals surface area contributed by atoms with E-state index >= 15 is 0 Å². The van der Waals surface area contributed by atoms with E-state index in [2.05, 4.69) is 17.6 Å². The van der Waals surface area contributed by atoms with Gasteiger partial charge in [0.15, 0.2) is 0 Å². The molecule has 2 rings (SSSR count). The summed E-state index contributed by atoms with van der Waals surface area (Å²) in [4.78, 5) is 27.1. The number of unbranched alkanes of at least 4 members (excludes halogenated alkanes) is 3. The fraction of sp³-hybridized carbons (Fsp3) is 0.619. The van der Waals surface area contributed by atoms with Crippen molar-refractivity contribution in [2.45, 2.75) is 63.3 Å². The summed E-state index contributed by atoms with van der Waals surface area (Å²) in [5.74, 6) is -0.308. The molecule has 1 fully saturated rings. The number of nitrogens with two attached hydrogens (primary N) is 1. The average Bonchev–Trinajstić information content (AvgIpc) is 2.72. The summed E-state index contributed by atoms with van der Waals surface area (Å²) in [5, 5.41) is 10.9. The van der Waals surface area contributed by atoms with Gasteiger partial charge in [-0.1, -0.05) is 32.3 Å². The van der Waals surface area contributed by atoms with Crippen molar-refractivity contribution in [2.24, 2.45) is 11.1 Å². The van der Waals surface area contributed by atoms with E-state index in [1.807, 2.05) is 4.90 Å². The first-order valence-corrected chi connectivity index (χ1v) is 12.2. The number of carbonyl (C=O) groups is 2. The quantitative estimate of drug-likeness (QED) is 0.483. The lowest BCUT2D eigenvalue weighted by Gasteiger charge is -2.35. The standard InChI is InChI=1S/C21H34N4O4S/c1-3-4-5-6-12-23-21(27)17-9-8-13-25(15-17)16(2)20(26)24-18-10-7-11-19(14-18)30(22,28)29/h7,10-11,14,16-17H,3-6,8-9,12-13,15H2,1-2H3,(H,23,27)(H,24,26)(H2,22,28,29). The smallest absolute Gasteiger partial charge is 0.241 e. The van der Waals surface area contributed by atoms with Crippen LogP contribution in [0.4, 0.5) is 5.69 Å². The molecule has 0 aliphatic carbocycles. The number of rotatable bonds is 10. The fourth-order valence-electron chi connectivity index (χ4n) is 3.64. The summed E-state index contributed by atoms with van der Waals surface area (Å²) >= 11 is 0. The molecule has 9 heteroatoms. The summed E-state index contributed by atoms with van der Waals surface area (Å²) in [6.07, 6.45) is 6.13. The van der Waals surface area contributed by atoms with Gasteiger partial charge in [-0.25, -0.2) is 13.6 Å². The molecule has 4 N–H and O–H groups in total. The fourth-order valence-corrected chi connectivity index (χ4v) is 4.20. The first-order chi connectivity index (χ1) is 14.2. The van der Waals surface area contributed by atoms with Gasteiger partial charge in [0.1, 0.15) is 0 Å². The number of nitrogens with zero attached hydrogens (tertiary/aromatic N) is 1. The van der Waals surface area contributed by atoms with Gasteiger partial charge in [0.2, 0.25) is 21.8 Å².